The highest BCUT2D eigenvalue weighted by atomic mass is 32.2. The minimum absolute atomic E-state index is 0.0112. The Hall–Kier alpha value is -2.43. The Bertz CT molecular complexity index is 1070. The first-order valence-electron chi connectivity index (χ1n) is 9.21. The molecular formula is C20H22FN3O4S2. The first kappa shape index (κ1) is 22.3. The minimum Gasteiger partial charge on any atom is -0.348 e. The van der Waals surface area contributed by atoms with Crippen molar-refractivity contribution in [3.63, 3.8) is 0 Å². The number of rotatable bonds is 6. The second kappa shape index (κ2) is 9.15. The van der Waals surface area contributed by atoms with Crippen LogP contribution in [0.1, 0.15) is 28.4 Å². The van der Waals surface area contributed by atoms with Crippen LogP contribution in [0.3, 0.4) is 0 Å². The van der Waals surface area contributed by atoms with Crippen LogP contribution in [0.5, 0.6) is 0 Å². The van der Waals surface area contributed by atoms with Crippen molar-refractivity contribution in [1.29, 1.82) is 0 Å². The van der Waals surface area contributed by atoms with E-state index >= 15 is 0 Å². The molecule has 1 aliphatic heterocycles. The molecule has 0 saturated carbocycles. The zero-order valence-corrected chi connectivity index (χ0v) is 18.1. The van der Waals surface area contributed by atoms with Crippen molar-refractivity contribution in [1.82, 2.24) is 14.9 Å². The van der Waals surface area contributed by atoms with E-state index in [2.05, 4.69) is 10.6 Å². The molecule has 2 amide bonds. The monoisotopic (exact) mass is 451 g/mol. The zero-order valence-electron chi connectivity index (χ0n) is 16.5. The van der Waals surface area contributed by atoms with E-state index < -0.39 is 21.8 Å². The Labute approximate surface area is 179 Å². The van der Waals surface area contributed by atoms with E-state index in [4.69, 9.17) is 0 Å². The number of halogens is 1. The van der Waals surface area contributed by atoms with E-state index in [0.717, 1.165) is 20.5 Å². The molecule has 0 unspecified atom stereocenters. The van der Waals surface area contributed by atoms with Crippen LogP contribution in [0.4, 0.5) is 4.39 Å². The number of fused-ring (bicyclic) bond motifs is 1. The number of benzene rings is 2. The molecule has 0 spiro atoms. The van der Waals surface area contributed by atoms with Crippen LogP contribution >= 0.6 is 11.8 Å². The molecule has 30 heavy (non-hydrogen) atoms. The molecule has 1 atom stereocenters. The number of thioether (sulfide) groups is 1. The predicted molar refractivity (Wildman–Crippen MR) is 112 cm³/mol. The van der Waals surface area contributed by atoms with Crippen LogP contribution in [-0.4, -0.2) is 50.9 Å². The van der Waals surface area contributed by atoms with Crippen LogP contribution in [-0.2, 0) is 14.8 Å². The molecule has 0 aliphatic carbocycles. The topological polar surface area (TPSA) is 95.6 Å². The van der Waals surface area contributed by atoms with E-state index in [-0.39, 0.29) is 28.9 Å². The van der Waals surface area contributed by atoms with Gasteiger partial charge >= 0.3 is 0 Å². The van der Waals surface area contributed by atoms with E-state index in [1.807, 2.05) is 0 Å². The first-order chi connectivity index (χ1) is 14.2. The summed E-state index contributed by atoms with van der Waals surface area (Å²) in [7, 11) is -0.868. The molecule has 160 valence electrons. The molecule has 0 bridgehead atoms. The number of amides is 2. The van der Waals surface area contributed by atoms with Gasteiger partial charge in [-0.15, -0.1) is 11.8 Å². The van der Waals surface area contributed by atoms with Gasteiger partial charge in [-0.3, -0.25) is 9.59 Å². The van der Waals surface area contributed by atoms with Crippen molar-refractivity contribution in [2.45, 2.75) is 22.3 Å². The average Bonchev–Trinajstić information content (AvgIpc) is 2.72. The molecule has 2 aromatic carbocycles. The third-order valence-electron chi connectivity index (χ3n) is 4.63. The second-order valence-corrected chi connectivity index (χ2v) is 10.2. The maximum atomic E-state index is 13.6. The Balaban J connectivity index is 1.62. The number of nitrogens with one attached hydrogen (secondary N) is 2. The van der Waals surface area contributed by atoms with Crippen LogP contribution in [0, 0.1) is 5.82 Å². The van der Waals surface area contributed by atoms with E-state index in [1.54, 1.807) is 17.8 Å². The fourth-order valence-corrected chi connectivity index (χ4v) is 5.09. The van der Waals surface area contributed by atoms with Crippen LogP contribution in [0.25, 0.3) is 0 Å². The van der Waals surface area contributed by atoms with Crippen molar-refractivity contribution in [3.8, 4) is 0 Å². The lowest BCUT2D eigenvalue weighted by Gasteiger charge is -2.26. The summed E-state index contributed by atoms with van der Waals surface area (Å²) in [6.07, 6.45) is 0.658. The lowest BCUT2D eigenvalue weighted by molar-refractivity contribution is -0.120. The van der Waals surface area contributed by atoms with Crippen molar-refractivity contribution in [3.05, 3.63) is 59.4 Å². The zero-order chi connectivity index (χ0) is 21.9. The number of hydrogen-bond acceptors (Lipinski definition) is 5. The van der Waals surface area contributed by atoms with Crippen LogP contribution in [0.2, 0.25) is 0 Å². The van der Waals surface area contributed by atoms with Crippen molar-refractivity contribution in [2.24, 2.45) is 0 Å². The van der Waals surface area contributed by atoms with Gasteiger partial charge < -0.3 is 10.6 Å². The molecule has 1 heterocycles. The quantitative estimate of drug-likeness (QED) is 0.702. The Morgan fingerprint density at radius 1 is 1.20 bits per heavy atom. The second-order valence-electron chi connectivity index (χ2n) is 6.94. The van der Waals surface area contributed by atoms with Gasteiger partial charge in [0.2, 0.25) is 15.9 Å². The Morgan fingerprint density at radius 3 is 2.70 bits per heavy atom. The average molecular weight is 452 g/mol. The number of carbonyl (C=O) groups is 2. The molecule has 10 heteroatoms. The summed E-state index contributed by atoms with van der Waals surface area (Å²) >= 11 is 1.61. The summed E-state index contributed by atoms with van der Waals surface area (Å²) in [5, 5.41) is 5.32. The van der Waals surface area contributed by atoms with E-state index in [1.165, 1.54) is 50.5 Å². The Kier molecular flexibility index (Phi) is 6.79. The molecule has 2 aromatic rings. The first-order valence-corrected chi connectivity index (χ1v) is 11.6. The molecule has 0 aromatic heterocycles. The molecule has 1 aliphatic rings. The van der Waals surface area contributed by atoms with Crippen LogP contribution < -0.4 is 10.6 Å². The lowest BCUT2D eigenvalue weighted by atomic mass is 10.0. The Morgan fingerprint density at radius 2 is 1.97 bits per heavy atom. The molecule has 2 N–H and O–H groups in total. The highest BCUT2D eigenvalue weighted by Crippen LogP contribution is 2.36. The molecule has 0 fully saturated rings. The van der Waals surface area contributed by atoms with Gasteiger partial charge in [-0.25, -0.2) is 17.1 Å². The van der Waals surface area contributed by atoms with Gasteiger partial charge in [0.15, 0.2) is 0 Å². The lowest BCUT2D eigenvalue weighted by Crippen LogP contribution is -2.39. The largest absolute Gasteiger partial charge is 0.348 e. The third kappa shape index (κ3) is 5.00. The predicted octanol–water partition coefficient (Wildman–Crippen LogP) is 2.16. The van der Waals surface area contributed by atoms with E-state index in [9.17, 15) is 22.4 Å². The van der Waals surface area contributed by atoms with Gasteiger partial charge in [0, 0.05) is 30.3 Å². The van der Waals surface area contributed by atoms with Crippen molar-refractivity contribution in [2.75, 3.05) is 26.4 Å². The minimum atomic E-state index is -3.67. The fourth-order valence-electron chi connectivity index (χ4n) is 3.03. The standard InChI is InChI=1S/C20H22FN3O4S2/c1-24(2)30(27,28)15-5-3-4-13(10-15)20(26)22-12-19(25)23-17-8-9-29-18-7-6-14(21)11-16(17)18/h3-7,10-11,17H,8-9,12H2,1-2H3,(H,22,26)(H,23,25)/t17-/m0/s1. The summed E-state index contributed by atoms with van der Waals surface area (Å²) < 4.78 is 39.1. The van der Waals surface area contributed by atoms with Gasteiger partial charge in [0.05, 0.1) is 17.5 Å². The van der Waals surface area contributed by atoms with Gasteiger partial charge in [0.1, 0.15) is 5.82 Å². The smallest absolute Gasteiger partial charge is 0.251 e. The number of hydrogen-bond donors (Lipinski definition) is 2. The highest BCUT2D eigenvalue weighted by Gasteiger charge is 2.23. The molecule has 3 rings (SSSR count). The summed E-state index contributed by atoms with van der Waals surface area (Å²) in [6, 6.07) is 9.79. The maximum absolute atomic E-state index is 13.6. The number of sulfonamides is 1. The molecular weight excluding hydrogens is 429 g/mol. The summed E-state index contributed by atoms with van der Waals surface area (Å²) in [5.41, 5.74) is 0.861. The highest BCUT2D eigenvalue weighted by molar-refractivity contribution is 7.99. The normalized spacial score (nSPS) is 16.1. The van der Waals surface area contributed by atoms with Crippen molar-refractivity contribution < 1.29 is 22.4 Å². The fraction of sp³-hybridized carbons (Fsp3) is 0.300. The van der Waals surface area contributed by atoms with Gasteiger partial charge in [-0.1, -0.05) is 6.07 Å². The van der Waals surface area contributed by atoms with Crippen molar-refractivity contribution >= 4 is 33.6 Å². The van der Waals surface area contributed by atoms with Gasteiger partial charge in [-0.05, 0) is 48.4 Å². The SMILES string of the molecule is CN(C)S(=O)(=O)c1cccc(C(=O)NCC(=O)N[C@H]2CCSc3ccc(F)cc32)c1. The summed E-state index contributed by atoms with van der Waals surface area (Å²) in [4.78, 5) is 25.6. The summed E-state index contributed by atoms with van der Waals surface area (Å²) in [5.74, 6) is -0.543. The maximum Gasteiger partial charge on any atom is 0.251 e. The number of nitrogens with zero attached hydrogens (tertiary/aromatic N) is 1. The summed E-state index contributed by atoms with van der Waals surface area (Å²) in [6.45, 7) is -0.280. The molecule has 0 saturated heterocycles. The molecule has 7 nitrogen and oxygen atoms in total. The third-order valence-corrected chi connectivity index (χ3v) is 7.56. The van der Waals surface area contributed by atoms with E-state index in [0.29, 0.717) is 6.42 Å². The van der Waals surface area contributed by atoms with Crippen LogP contribution in [0.15, 0.2) is 52.3 Å². The number of carbonyl (C=O) groups excluding carboxylic acids is 2. The van der Waals surface area contributed by atoms with Gasteiger partial charge in [0.25, 0.3) is 5.91 Å². The molecule has 0 radical (unpaired) electrons. The van der Waals surface area contributed by atoms with Gasteiger partial charge in [-0.2, -0.15) is 0 Å².